The van der Waals surface area contributed by atoms with E-state index in [1.165, 1.54) is 81.3 Å². The van der Waals surface area contributed by atoms with E-state index in [4.69, 9.17) is 23.2 Å². The van der Waals surface area contributed by atoms with E-state index in [1.807, 2.05) is 24.3 Å². The van der Waals surface area contributed by atoms with E-state index in [9.17, 15) is 0 Å². The van der Waals surface area contributed by atoms with E-state index in [0.717, 1.165) is 42.1 Å². The molecule has 6 aromatic rings. The molecule has 0 nitrogen and oxygen atoms in total. The average molecular weight is 684 g/mol. The quantitative estimate of drug-likeness (QED) is 0.114. The fourth-order valence-corrected chi connectivity index (χ4v) is 6.26. The molecule has 0 heterocycles. The van der Waals surface area contributed by atoms with Crippen molar-refractivity contribution >= 4 is 23.2 Å². The maximum Gasteiger partial charge on any atom is 0.0406 e. The Morgan fingerprint density at radius 1 is 0.286 bits per heavy atom. The van der Waals surface area contributed by atoms with Gasteiger partial charge in [0.05, 0.1) is 0 Å². The SMILES string of the molecule is CCCCc1ccc(-c2ccc(CCc3ccc(Cl)cc3)cc2)cc1.CCCc1ccc(-c2ccc(CCc3ccc(Cl)cc3)cc2)cc1. The second kappa shape index (κ2) is 19.2. The lowest BCUT2D eigenvalue weighted by molar-refractivity contribution is 0.795. The minimum atomic E-state index is 0.799. The van der Waals surface area contributed by atoms with Crippen LogP contribution in [0, 0.1) is 0 Å². The number of halogens is 2. The molecule has 0 unspecified atom stereocenters. The molecule has 49 heavy (non-hydrogen) atoms. The first-order chi connectivity index (χ1) is 24.0. The fourth-order valence-electron chi connectivity index (χ4n) is 6.00. The lowest BCUT2D eigenvalue weighted by Crippen LogP contribution is -1.91. The van der Waals surface area contributed by atoms with Gasteiger partial charge in [0.1, 0.15) is 0 Å². The molecule has 6 rings (SSSR count). The molecule has 0 aliphatic heterocycles. The first kappa shape index (κ1) is 36.2. The highest BCUT2D eigenvalue weighted by Crippen LogP contribution is 2.23. The summed E-state index contributed by atoms with van der Waals surface area (Å²) in [6.07, 6.45) is 10.2. The third-order valence-electron chi connectivity index (χ3n) is 9.07. The molecule has 0 bridgehead atoms. The second-order valence-corrected chi connectivity index (χ2v) is 13.8. The average Bonchev–Trinajstić information content (AvgIpc) is 3.15. The lowest BCUT2D eigenvalue weighted by atomic mass is 9.99. The Labute approximate surface area is 304 Å². The molecular weight excluding hydrogens is 635 g/mol. The summed E-state index contributed by atoms with van der Waals surface area (Å²) in [4.78, 5) is 0. The molecule has 250 valence electrons. The van der Waals surface area contributed by atoms with Crippen molar-refractivity contribution < 1.29 is 0 Å². The molecule has 6 aromatic carbocycles. The van der Waals surface area contributed by atoms with Gasteiger partial charge in [0.15, 0.2) is 0 Å². The summed E-state index contributed by atoms with van der Waals surface area (Å²) in [6, 6.07) is 52.1. The summed E-state index contributed by atoms with van der Waals surface area (Å²) in [7, 11) is 0. The molecule has 2 heteroatoms. The molecule has 0 aromatic heterocycles. The molecule has 0 fully saturated rings. The van der Waals surface area contributed by atoms with Crippen LogP contribution in [-0.4, -0.2) is 0 Å². The number of unbranched alkanes of at least 4 members (excludes halogenated alkanes) is 1. The Hall–Kier alpha value is -4.10. The zero-order chi connectivity index (χ0) is 34.3. The van der Waals surface area contributed by atoms with Crippen molar-refractivity contribution in [1.29, 1.82) is 0 Å². The number of hydrogen-bond acceptors (Lipinski definition) is 0. The molecular formula is C47H48Cl2. The monoisotopic (exact) mass is 682 g/mol. The number of hydrogen-bond donors (Lipinski definition) is 0. The van der Waals surface area contributed by atoms with Crippen LogP contribution in [0.4, 0.5) is 0 Å². The van der Waals surface area contributed by atoms with Gasteiger partial charge in [-0.2, -0.15) is 0 Å². The fraction of sp³-hybridized carbons (Fsp3) is 0.234. The van der Waals surface area contributed by atoms with Crippen LogP contribution in [-0.2, 0) is 38.5 Å². The molecule has 0 atom stereocenters. The van der Waals surface area contributed by atoms with E-state index >= 15 is 0 Å². The van der Waals surface area contributed by atoms with Crippen LogP contribution in [0.1, 0.15) is 66.5 Å². The van der Waals surface area contributed by atoms with Crippen molar-refractivity contribution in [3.8, 4) is 22.3 Å². The van der Waals surface area contributed by atoms with Crippen molar-refractivity contribution in [3.63, 3.8) is 0 Å². The maximum atomic E-state index is 5.94. The van der Waals surface area contributed by atoms with Gasteiger partial charge in [0.25, 0.3) is 0 Å². The standard InChI is InChI=1S/C24H25Cl.C23H23Cl/c1-2-3-4-19-7-13-22(14-8-19)23-15-9-20(10-16-23)5-6-21-11-17-24(25)18-12-21;1-2-3-18-6-12-21(13-7-18)22-14-8-19(9-15-22)4-5-20-10-16-23(24)17-11-20/h7-18H,2-6H2,1H3;6-17H,2-5H2,1H3. The van der Waals surface area contributed by atoms with E-state index in [1.54, 1.807) is 0 Å². The van der Waals surface area contributed by atoms with Gasteiger partial charge in [-0.05, 0) is 125 Å². The number of aryl methyl sites for hydroxylation is 6. The Balaban J connectivity index is 0.000000191. The van der Waals surface area contributed by atoms with Gasteiger partial charge < -0.3 is 0 Å². The van der Waals surface area contributed by atoms with Gasteiger partial charge in [-0.3, -0.25) is 0 Å². The van der Waals surface area contributed by atoms with E-state index in [2.05, 4.69) is 135 Å². The third kappa shape index (κ3) is 11.8. The highest BCUT2D eigenvalue weighted by atomic mass is 35.5. The van der Waals surface area contributed by atoms with Crippen LogP contribution >= 0.6 is 23.2 Å². The zero-order valence-electron chi connectivity index (χ0n) is 29.0. The molecule has 0 aliphatic carbocycles. The highest BCUT2D eigenvalue weighted by Gasteiger charge is 2.03. The Morgan fingerprint density at radius 2 is 0.531 bits per heavy atom. The van der Waals surface area contributed by atoms with Crippen molar-refractivity contribution in [1.82, 2.24) is 0 Å². The van der Waals surface area contributed by atoms with Crippen molar-refractivity contribution in [2.45, 2.75) is 71.6 Å². The van der Waals surface area contributed by atoms with Crippen LogP contribution < -0.4 is 0 Å². The zero-order valence-corrected chi connectivity index (χ0v) is 30.5. The summed E-state index contributed by atoms with van der Waals surface area (Å²) in [5.74, 6) is 0. The predicted octanol–water partition coefficient (Wildman–Crippen LogP) is 13.9. The summed E-state index contributed by atoms with van der Waals surface area (Å²) in [5.41, 5.74) is 13.4. The van der Waals surface area contributed by atoms with Crippen LogP contribution in [0.15, 0.2) is 146 Å². The predicted molar refractivity (Wildman–Crippen MR) is 214 cm³/mol. The van der Waals surface area contributed by atoms with Crippen LogP contribution in [0.3, 0.4) is 0 Å². The molecule has 0 N–H and O–H groups in total. The van der Waals surface area contributed by atoms with Gasteiger partial charge in [0.2, 0.25) is 0 Å². The van der Waals surface area contributed by atoms with Gasteiger partial charge in [-0.1, -0.05) is 171 Å². The van der Waals surface area contributed by atoms with E-state index in [0.29, 0.717) is 0 Å². The molecule has 0 radical (unpaired) electrons. The summed E-state index contributed by atoms with van der Waals surface area (Å²) in [5, 5.41) is 1.60. The Kier molecular flexibility index (Phi) is 14.2. The number of benzene rings is 6. The molecule has 0 aliphatic rings. The summed E-state index contributed by atoms with van der Waals surface area (Å²) in [6.45, 7) is 4.46. The first-order valence-corrected chi connectivity index (χ1v) is 18.6. The molecule has 0 amide bonds. The van der Waals surface area contributed by atoms with Gasteiger partial charge >= 0.3 is 0 Å². The second-order valence-electron chi connectivity index (χ2n) is 12.9. The highest BCUT2D eigenvalue weighted by molar-refractivity contribution is 6.30. The van der Waals surface area contributed by atoms with E-state index < -0.39 is 0 Å². The summed E-state index contributed by atoms with van der Waals surface area (Å²) < 4.78 is 0. The minimum Gasteiger partial charge on any atom is -0.0843 e. The molecule has 0 saturated carbocycles. The van der Waals surface area contributed by atoms with Crippen LogP contribution in [0.25, 0.3) is 22.3 Å². The van der Waals surface area contributed by atoms with Crippen LogP contribution in [0.5, 0.6) is 0 Å². The van der Waals surface area contributed by atoms with Gasteiger partial charge in [-0.25, -0.2) is 0 Å². The first-order valence-electron chi connectivity index (χ1n) is 17.8. The number of rotatable bonds is 13. The van der Waals surface area contributed by atoms with Gasteiger partial charge in [-0.15, -0.1) is 0 Å². The van der Waals surface area contributed by atoms with Gasteiger partial charge in [0, 0.05) is 10.0 Å². The topological polar surface area (TPSA) is 0 Å². The Bertz CT molecular complexity index is 1800. The normalized spacial score (nSPS) is 10.8. The minimum absolute atomic E-state index is 0.799. The lowest BCUT2D eigenvalue weighted by Gasteiger charge is -2.07. The third-order valence-corrected chi connectivity index (χ3v) is 9.58. The molecule has 0 spiro atoms. The van der Waals surface area contributed by atoms with Crippen molar-refractivity contribution in [3.05, 3.63) is 189 Å². The Morgan fingerprint density at radius 3 is 0.796 bits per heavy atom. The van der Waals surface area contributed by atoms with Crippen molar-refractivity contribution in [2.24, 2.45) is 0 Å². The summed E-state index contributed by atoms with van der Waals surface area (Å²) >= 11 is 11.9. The molecule has 0 saturated heterocycles. The smallest absolute Gasteiger partial charge is 0.0406 e. The van der Waals surface area contributed by atoms with Crippen LogP contribution in [0.2, 0.25) is 10.0 Å². The largest absolute Gasteiger partial charge is 0.0843 e. The van der Waals surface area contributed by atoms with Crippen molar-refractivity contribution in [2.75, 3.05) is 0 Å². The van der Waals surface area contributed by atoms with E-state index in [-0.39, 0.29) is 0 Å². The maximum absolute atomic E-state index is 5.94.